The minimum absolute atomic E-state index is 0.109. The smallest absolute Gasteiger partial charge is 0.243 e. The molecule has 0 saturated carbocycles. The number of carbonyl (C=O) groups excluding carboxylic acids is 2. The maximum absolute atomic E-state index is 12.9. The van der Waals surface area contributed by atoms with Crippen LogP contribution in [0.1, 0.15) is 39.2 Å². The van der Waals surface area contributed by atoms with Gasteiger partial charge in [0, 0.05) is 13.1 Å². The Morgan fingerprint density at radius 2 is 1.96 bits per heavy atom. The molecular weight excluding hydrogens is 341 g/mol. The van der Waals surface area contributed by atoms with Gasteiger partial charge in [-0.2, -0.15) is 0 Å². The summed E-state index contributed by atoms with van der Waals surface area (Å²) in [6, 6.07) is 5.04. The summed E-state index contributed by atoms with van der Waals surface area (Å²) in [4.78, 5) is 27.0. The van der Waals surface area contributed by atoms with Crippen molar-refractivity contribution in [3.63, 3.8) is 0 Å². The minimum Gasteiger partial charge on any atom is -0.350 e. The Labute approximate surface area is 153 Å². The fourth-order valence-electron chi connectivity index (χ4n) is 3.00. The molecule has 0 aromatic heterocycles. The van der Waals surface area contributed by atoms with Crippen molar-refractivity contribution in [1.82, 2.24) is 14.9 Å². The van der Waals surface area contributed by atoms with Crippen LogP contribution in [0.15, 0.2) is 24.3 Å². The molecule has 1 aliphatic rings. The van der Waals surface area contributed by atoms with E-state index >= 15 is 0 Å². The topological polar surface area (TPSA) is 61.4 Å². The van der Waals surface area contributed by atoms with E-state index in [1.807, 2.05) is 20.8 Å². The van der Waals surface area contributed by atoms with Crippen LogP contribution in [-0.2, 0) is 16.1 Å². The van der Waals surface area contributed by atoms with Crippen molar-refractivity contribution in [1.29, 1.82) is 0 Å². The highest BCUT2D eigenvalue weighted by Gasteiger charge is 2.40. The number of nitrogens with zero attached hydrogens (tertiary/aromatic N) is 1. The van der Waals surface area contributed by atoms with Gasteiger partial charge in [0.05, 0.1) is 0 Å². The monoisotopic (exact) mass is 367 g/mol. The molecule has 2 rings (SSSR count). The summed E-state index contributed by atoms with van der Waals surface area (Å²) >= 11 is 4.09. The number of thiol groups is 1. The summed E-state index contributed by atoms with van der Waals surface area (Å²) in [7, 11) is 0. The van der Waals surface area contributed by atoms with Crippen LogP contribution in [0.25, 0.3) is 0 Å². The fraction of sp³-hybridized carbons (Fsp3) is 0.556. The molecular formula is C18H26FN3O2S. The van der Waals surface area contributed by atoms with E-state index in [0.717, 1.165) is 12.0 Å². The predicted octanol–water partition coefficient (Wildman–Crippen LogP) is 2.28. The van der Waals surface area contributed by atoms with Gasteiger partial charge in [0.2, 0.25) is 11.8 Å². The number of nitrogens with one attached hydrogen (secondary N) is 2. The van der Waals surface area contributed by atoms with Crippen LogP contribution < -0.4 is 10.0 Å². The Balaban J connectivity index is 2.01. The first kappa shape index (κ1) is 19.7. The van der Waals surface area contributed by atoms with E-state index < -0.39 is 12.1 Å². The van der Waals surface area contributed by atoms with Crippen LogP contribution in [0.5, 0.6) is 0 Å². The van der Waals surface area contributed by atoms with Gasteiger partial charge in [-0.25, -0.2) is 4.39 Å². The average Bonchev–Trinajstić information content (AvgIpc) is 3.03. The van der Waals surface area contributed by atoms with Crippen molar-refractivity contribution in [3.8, 4) is 0 Å². The van der Waals surface area contributed by atoms with Gasteiger partial charge >= 0.3 is 0 Å². The Morgan fingerprint density at radius 3 is 2.52 bits per heavy atom. The van der Waals surface area contributed by atoms with E-state index in [1.54, 1.807) is 17.0 Å². The number of hydrogen-bond acceptors (Lipinski definition) is 4. The summed E-state index contributed by atoms with van der Waals surface area (Å²) in [6.45, 7) is 6.75. The van der Waals surface area contributed by atoms with Crippen LogP contribution in [0.4, 0.5) is 4.39 Å². The number of hydrogen-bond donors (Lipinski definition) is 3. The van der Waals surface area contributed by atoms with Crippen LogP contribution in [0.2, 0.25) is 0 Å². The zero-order valence-electron chi connectivity index (χ0n) is 14.9. The van der Waals surface area contributed by atoms with Crippen LogP contribution in [-0.4, -0.2) is 35.3 Å². The largest absolute Gasteiger partial charge is 0.350 e. The minimum atomic E-state index is -0.473. The normalized spacial score (nSPS) is 18.9. The van der Waals surface area contributed by atoms with E-state index in [4.69, 9.17) is 0 Å². The van der Waals surface area contributed by atoms with Crippen molar-refractivity contribution in [2.45, 2.75) is 52.2 Å². The molecule has 25 heavy (non-hydrogen) atoms. The van der Waals surface area contributed by atoms with Gasteiger partial charge in [0.1, 0.15) is 17.9 Å². The first-order valence-corrected chi connectivity index (χ1v) is 8.91. The highest BCUT2D eigenvalue weighted by atomic mass is 32.1. The summed E-state index contributed by atoms with van der Waals surface area (Å²) in [5, 5.41) is 2.85. The SMILES string of the molecule is CC(C)(C)C(NS)C(=O)N1CCCC1C(=O)NCc1ccc(F)cc1. The van der Waals surface area contributed by atoms with Crippen LogP contribution in [0, 0.1) is 11.2 Å². The molecule has 7 heteroatoms. The molecule has 2 unspecified atom stereocenters. The number of amides is 2. The molecule has 0 radical (unpaired) electrons. The molecule has 1 aliphatic heterocycles. The maximum atomic E-state index is 12.9. The zero-order valence-corrected chi connectivity index (χ0v) is 15.8. The Kier molecular flexibility index (Phi) is 6.46. The Hall–Kier alpha value is -1.60. The molecule has 0 aliphatic carbocycles. The molecule has 2 atom stereocenters. The number of halogens is 1. The predicted molar refractivity (Wildman–Crippen MR) is 98.3 cm³/mol. The van der Waals surface area contributed by atoms with Crippen molar-refractivity contribution in [3.05, 3.63) is 35.6 Å². The molecule has 2 N–H and O–H groups in total. The molecule has 1 fully saturated rings. The summed E-state index contributed by atoms with van der Waals surface area (Å²) in [6.07, 6.45) is 1.44. The van der Waals surface area contributed by atoms with Crippen molar-refractivity contribution in [2.24, 2.45) is 5.41 Å². The standard InChI is InChI=1S/C18H26FN3O2S/c1-18(2,3)15(21-25)17(24)22-10-4-5-14(22)16(23)20-11-12-6-8-13(19)9-7-12/h6-9,14-15,21,25H,4-5,10-11H2,1-3H3,(H,20,23). The van der Waals surface area contributed by atoms with Gasteiger partial charge in [-0.3, -0.25) is 14.3 Å². The molecule has 138 valence electrons. The zero-order chi connectivity index (χ0) is 18.6. The number of rotatable bonds is 5. The van der Waals surface area contributed by atoms with Gasteiger partial charge in [0.25, 0.3) is 0 Å². The average molecular weight is 367 g/mol. The van der Waals surface area contributed by atoms with E-state index in [2.05, 4.69) is 22.9 Å². The van der Waals surface area contributed by atoms with Crippen LogP contribution in [0.3, 0.4) is 0 Å². The van der Waals surface area contributed by atoms with Crippen molar-refractivity contribution < 1.29 is 14.0 Å². The second kappa shape index (κ2) is 8.19. The van der Waals surface area contributed by atoms with Gasteiger partial charge in [-0.1, -0.05) is 45.7 Å². The van der Waals surface area contributed by atoms with Crippen molar-refractivity contribution in [2.75, 3.05) is 6.54 Å². The second-order valence-corrected chi connectivity index (χ2v) is 7.72. The highest BCUT2D eigenvalue weighted by Crippen LogP contribution is 2.26. The lowest BCUT2D eigenvalue weighted by atomic mass is 9.86. The van der Waals surface area contributed by atoms with Gasteiger partial charge in [-0.05, 0) is 36.0 Å². The summed E-state index contributed by atoms with van der Waals surface area (Å²) in [5.74, 6) is -0.598. The third kappa shape index (κ3) is 4.95. The van der Waals surface area contributed by atoms with E-state index in [1.165, 1.54) is 12.1 Å². The first-order valence-electron chi connectivity index (χ1n) is 8.46. The lowest BCUT2D eigenvalue weighted by molar-refractivity contribution is -0.141. The summed E-state index contributed by atoms with van der Waals surface area (Å²) < 4.78 is 15.7. The third-order valence-corrected chi connectivity index (χ3v) is 4.72. The molecule has 0 spiro atoms. The molecule has 0 bridgehead atoms. The first-order chi connectivity index (χ1) is 11.7. The lowest BCUT2D eigenvalue weighted by Crippen LogP contribution is -2.54. The Morgan fingerprint density at radius 1 is 1.32 bits per heavy atom. The quantitative estimate of drug-likeness (QED) is 0.700. The van der Waals surface area contributed by atoms with E-state index in [9.17, 15) is 14.0 Å². The highest BCUT2D eigenvalue weighted by molar-refractivity contribution is 7.78. The number of benzene rings is 1. The third-order valence-electron chi connectivity index (χ3n) is 4.46. The Bertz CT molecular complexity index is 616. The second-order valence-electron chi connectivity index (χ2n) is 7.46. The van der Waals surface area contributed by atoms with E-state index in [0.29, 0.717) is 19.5 Å². The molecule has 2 amide bonds. The van der Waals surface area contributed by atoms with Gasteiger partial charge in [-0.15, -0.1) is 0 Å². The molecule has 5 nitrogen and oxygen atoms in total. The van der Waals surface area contributed by atoms with Gasteiger partial charge in [0.15, 0.2) is 0 Å². The number of likely N-dealkylation sites (tertiary alicyclic amines) is 1. The fourth-order valence-corrected chi connectivity index (χ4v) is 3.50. The maximum Gasteiger partial charge on any atom is 0.243 e. The van der Waals surface area contributed by atoms with Gasteiger partial charge < -0.3 is 10.2 Å². The lowest BCUT2D eigenvalue weighted by Gasteiger charge is -2.34. The number of carbonyl (C=O) groups is 2. The molecule has 1 aromatic carbocycles. The van der Waals surface area contributed by atoms with Crippen LogP contribution >= 0.6 is 12.8 Å². The summed E-state index contributed by atoms with van der Waals surface area (Å²) in [5.41, 5.74) is 0.506. The molecule has 1 aromatic rings. The van der Waals surface area contributed by atoms with Crippen molar-refractivity contribution >= 4 is 24.6 Å². The van der Waals surface area contributed by atoms with E-state index in [-0.39, 0.29) is 23.0 Å². The molecule has 1 heterocycles. The molecule has 1 saturated heterocycles.